The van der Waals surface area contributed by atoms with Crippen molar-refractivity contribution >= 4 is 35.7 Å². The minimum Gasteiger partial charge on any atom is -0.497 e. The lowest BCUT2D eigenvalue weighted by atomic mass is 10.1. The second-order valence-electron chi connectivity index (χ2n) is 7.98. The monoisotopic (exact) mass is 486 g/mol. The molecule has 180 valence electrons. The molecule has 2 N–H and O–H groups in total. The van der Waals surface area contributed by atoms with Crippen LogP contribution >= 0.6 is 12.4 Å². The molecule has 0 saturated carbocycles. The minimum atomic E-state index is -0.528. The summed E-state index contributed by atoms with van der Waals surface area (Å²) in [5.41, 5.74) is 2.34. The van der Waals surface area contributed by atoms with E-state index in [-0.39, 0.29) is 48.7 Å². The zero-order valence-corrected chi connectivity index (χ0v) is 20.2. The van der Waals surface area contributed by atoms with E-state index < -0.39 is 5.92 Å². The summed E-state index contributed by atoms with van der Waals surface area (Å²) in [5, 5.41) is 7.22. The molecule has 1 aliphatic heterocycles. The van der Waals surface area contributed by atoms with Crippen molar-refractivity contribution in [3.63, 3.8) is 0 Å². The Morgan fingerprint density at radius 3 is 2.56 bits per heavy atom. The van der Waals surface area contributed by atoms with Crippen molar-refractivity contribution in [3.05, 3.63) is 57.6 Å². The topological polar surface area (TPSA) is 122 Å². The summed E-state index contributed by atoms with van der Waals surface area (Å²) in [6, 6.07) is 8.83. The summed E-state index contributed by atoms with van der Waals surface area (Å²) in [6.07, 6.45) is 0.668. The highest BCUT2D eigenvalue weighted by atomic mass is 35.5. The number of aryl methyl sites for hydroxylation is 2. The number of nitrogens with zero attached hydrogens (tertiary/aromatic N) is 4. The smallest absolute Gasteiger partial charge is 0.255 e. The first-order valence-electron chi connectivity index (χ1n) is 10.7. The maximum absolute atomic E-state index is 13.0. The number of aromatic nitrogens is 4. The predicted octanol–water partition coefficient (Wildman–Crippen LogP) is 2.56. The Morgan fingerprint density at radius 1 is 1.24 bits per heavy atom. The molecule has 1 unspecified atom stereocenters. The van der Waals surface area contributed by atoms with Crippen molar-refractivity contribution in [1.82, 2.24) is 19.7 Å². The third kappa shape index (κ3) is 4.81. The van der Waals surface area contributed by atoms with Crippen LogP contribution in [-0.2, 0) is 16.0 Å². The first-order valence-corrected chi connectivity index (χ1v) is 10.7. The van der Waals surface area contributed by atoms with Crippen molar-refractivity contribution in [2.45, 2.75) is 33.6 Å². The molecule has 3 aromatic rings. The van der Waals surface area contributed by atoms with Crippen molar-refractivity contribution in [2.24, 2.45) is 5.92 Å². The number of aromatic amines is 1. The minimum absolute atomic E-state index is 0. The lowest BCUT2D eigenvalue weighted by Crippen LogP contribution is -2.29. The van der Waals surface area contributed by atoms with Gasteiger partial charge < -0.3 is 15.0 Å². The van der Waals surface area contributed by atoms with Crippen molar-refractivity contribution < 1.29 is 14.3 Å². The van der Waals surface area contributed by atoms with E-state index in [0.29, 0.717) is 40.6 Å². The molecule has 0 aliphatic carbocycles. The summed E-state index contributed by atoms with van der Waals surface area (Å²) >= 11 is 0. The highest BCUT2D eigenvalue weighted by molar-refractivity contribution is 6.03. The number of nitrogens with one attached hydrogen (secondary N) is 2. The highest BCUT2D eigenvalue weighted by Crippen LogP contribution is 2.28. The van der Waals surface area contributed by atoms with Gasteiger partial charge in [0.25, 0.3) is 5.56 Å². The average molecular weight is 487 g/mol. The standard InChI is InChI=1S/C23H26N6O4.ClH/c1-5-18-14(3)24-23(26-22(18)32)29-19(10-13(2)27-29)25-21(31)15-11-20(30)28(12-15)16-6-8-17(33-4)9-7-16;/h6-10,15H,5,11-12H2,1-4H3,(H,25,31)(H,24,26,32);1H. The maximum atomic E-state index is 13.0. The third-order valence-electron chi connectivity index (χ3n) is 5.73. The molecule has 1 saturated heterocycles. The Kier molecular flexibility index (Phi) is 7.41. The third-order valence-corrected chi connectivity index (χ3v) is 5.73. The molecule has 10 nitrogen and oxygen atoms in total. The SMILES string of the molecule is CCc1c(C)nc(-n2nc(C)cc2NC(=O)C2CC(=O)N(c3ccc(OC)cc3)C2)[nH]c1=O.Cl. The van der Waals surface area contributed by atoms with Gasteiger partial charge >= 0.3 is 0 Å². The number of anilines is 2. The van der Waals surface area contributed by atoms with Crippen LogP contribution in [0.1, 0.15) is 30.3 Å². The highest BCUT2D eigenvalue weighted by Gasteiger charge is 2.35. The van der Waals surface area contributed by atoms with Gasteiger partial charge in [-0.2, -0.15) is 9.78 Å². The summed E-state index contributed by atoms with van der Waals surface area (Å²) in [7, 11) is 1.58. The van der Waals surface area contributed by atoms with Crippen LogP contribution in [0.3, 0.4) is 0 Å². The largest absolute Gasteiger partial charge is 0.497 e. The molecule has 3 heterocycles. The molecular formula is C23H27ClN6O4. The molecule has 2 aromatic heterocycles. The van der Waals surface area contributed by atoms with Crippen LogP contribution in [0, 0.1) is 19.8 Å². The second kappa shape index (κ2) is 10.1. The normalized spacial score (nSPS) is 15.2. The van der Waals surface area contributed by atoms with Crippen LogP contribution in [0.25, 0.3) is 5.95 Å². The van der Waals surface area contributed by atoms with E-state index in [0.717, 1.165) is 0 Å². The molecule has 1 aliphatic rings. The Balaban J connectivity index is 0.00000324. The van der Waals surface area contributed by atoms with Gasteiger partial charge in [-0.25, -0.2) is 4.98 Å². The number of H-pyrrole nitrogens is 1. The van der Waals surface area contributed by atoms with Gasteiger partial charge in [0.05, 0.1) is 18.7 Å². The van der Waals surface area contributed by atoms with Crippen molar-refractivity contribution in [2.75, 3.05) is 23.9 Å². The Labute approximate surface area is 202 Å². The number of hydrogen-bond acceptors (Lipinski definition) is 6. The molecular weight excluding hydrogens is 460 g/mol. The van der Waals surface area contributed by atoms with E-state index in [1.807, 2.05) is 6.92 Å². The van der Waals surface area contributed by atoms with Gasteiger partial charge in [0.15, 0.2) is 0 Å². The van der Waals surface area contributed by atoms with E-state index in [2.05, 4.69) is 20.4 Å². The van der Waals surface area contributed by atoms with Gasteiger partial charge in [0.1, 0.15) is 11.6 Å². The Bertz CT molecular complexity index is 1270. The molecule has 4 rings (SSSR count). The van der Waals surface area contributed by atoms with E-state index in [9.17, 15) is 14.4 Å². The molecule has 0 bridgehead atoms. The molecule has 1 aromatic carbocycles. The average Bonchev–Trinajstić information content (AvgIpc) is 3.36. The van der Waals surface area contributed by atoms with Crippen molar-refractivity contribution in [1.29, 1.82) is 0 Å². The Hall–Kier alpha value is -3.66. The molecule has 11 heteroatoms. The van der Waals surface area contributed by atoms with Gasteiger partial charge in [-0.1, -0.05) is 6.92 Å². The number of carbonyl (C=O) groups is 2. The number of rotatable bonds is 6. The summed E-state index contributed by atoms with van der Waals surface area (Å²) in [4.78, 5) is 46.8. The van der Waals surface area contributed by atoms with Crippen LogP contribution in [0.5, 0.6) is 5.75 Å². The lowest BCUT2D eigenvalue weighted by molar-refractivity contribution is -0.122. The van der Waals surface area contributed by atoms with Crippen LogP contribution in [0.15, 0.2) is 35.1 Å². The number of carbonyl (C=O) groups excluding carboxylic acids is 2. The molecule has 34 heavy (non-hydrogen) atoms. The fourth-order valence-corrected chi connectivity index (χ4v) is 3.99. The summed E-state index contributed by atoms with van der Waals surface area (Å²) < 4.78 is 6.56. The first-order chi connectivity index (χ1) is 15.8. The molecule has 0 spiro atoms. The maximum Gasteiger partial charge on any atom is 0.255 e. The van der Waals surface area contributed by atoms with E-state index in [1.165, 1.54) is 4.68 Å². The van der Waals surface area contributed by atoms with E-state index in [4.69, 9.17) is 4.74 Å². The molecule has 1 fully saturated rings. The van der Waals surface area contributed by atoms with Crippen LogP contribution in [0.2, 0.25) is 0 Å². The van der Waals surface area contributed by atoms with Gasteiger partial charge in [-0.3, -0.25) is 19.4 Å². The zero-order chi connectivity index (χ0) is 23.7. The zero-order valence-electron chi connectivity index (χ0n) is 19.4. The number of benzene rings is 1. The van der Waals surface area contributed by atoms with Crippen molar-refractivity contribution in [3.8, 4) is 11.7 Å². The van der Waals surface area contributed by atoms with E-state index >= 15 is 0 Å². The van der Waals surface area contributed by atoms with Gasteiger partial charge in [0, 0.05) is 36.0 Å². The number of amides is 2. The predicted molar refractivity (Wildman–Crippen MR) is 130 cm³/mol. The molecule has 1 atom stereocenters. The fourth-order valence-electron chi connectivity index (χ4n) is 3.99. The second-order valence-corrected chi connectivity index (χ2v) is 7.98. The summed E-state index contributed by atoms with van der Waals surface area (Å²) in [5.74, 6) is 0.336. The van der Waals surface area contributed by atoms with E-state index in [1.54, 1.807) is 56.2 Å². The van der Waals surface area contributed by atoms with Crippen LogP contribution in [-0.4, -0.2) is 45.2 Å². The number of hydrogen-bond donors (Lipinski definition) is 2. The number of ether oxygens (including phenoxy) is 1. The molecule has 2 amide bonds. The first kappa shape index (κ1) is 25.0. The number of halogens is 1. The lowest BCUT2D eigenvalue weighted by Gasteiger charge is -2.17. The fraction of sp³-hybridized carbons (Fsp3) is 0.348. The van der Waals surface area contributed by atoms with Crippen LogP contribution in [0.4, 0.5) is 11.5 Å². The quantitative estimate of drug-likeness (QED) is 0.552. The Morgan fingerprint density at radius 2 is 1.94 bits per heavy atom. The van der Waals surface area contributed by atoms with Gasteiger partial charge in [0.2, 0.25) is 17.8 Å². The number of methoxy groups -OCH3 is 1. The summed E-state index contributed by atoms with van der Waals surface area (Å²) in [6.45, 7) is 5.70. The molecule has 0 radical (unpaired) electrons. The van der Waals surface area contributed by atoms with Gasteiger partial charge in [-0.15, -0.1) is 12.4 Å². The van der Waals surface area contributed by atoms with Crippen LogP contribution < -0.4 is 20.5 Å². The van der Waals surface area contributed by atoms with Gasteiger partial charge in [-0.05, 0) is 44.5 Å².